The van der Waals surface area contributed by atoms with Crippen LogP contribution in [0.3, 0.4) is 0 Å². The van der Waals surface area contributed by atoms with Crippen LogP contribution in [0.1, 0.15) is 58.4 Å². The largest absolute Gasteiger partial charge is 0.444 e. The Morgan fingerprint density at radius 1 is 1.07 bits per heavy atom. The SMILES string of the molecule is CC(C)(C)OC(=O)N[C@H](CCc1ccccc1)C(=O)NOCCCCCCN1CC1. The van der Waals surface area contributed by atoms with Gasteiger partial charge in [-0.2, -0.15) is 0 Å². The lowest BCUT2D eigenvalue weighted by atomic mass is 10.1. The van der Waals surface area contributed by atoms with Gasteiger partial charge in [-0.3, -0.25) is 9.63 Å². The first-order chi connectivity index (χ1) is 14.3. The van der Waals surface area contributed by atoms with Gasteiger partial charge in [-0.15, -0.1) is 0 Å². The number of nitrogens with zero attached hydrogens (tertiary/aromatic N) is 1. The van der Waals surface area contributed by atoms with Crippen molar-refractivity contribution in [3.63, 3.8) is 0 Å². The van der Waals surface area contributed by atoms with E-state index >= 15 is 0 Å². The van der Waals surface area contributed by atoms with Gasteiger partial charge in [0.05, 0.1) is 6.61 Å². The van der Waals surface area contributed by atoms with Crippen LogP contribution in [0, 0.1) is 0 Å². The highest BCUT2D eigenvalue weighted by Gasteiger charge is 2.24. The second kappa shape index (κ2) is 12.5. The summed E-state index contributed by atoms with van der Waals surface area (Å²) in [6, 6.07) is 9.13. The maximum atomic E-state index is 12.6. The van der Waals surface area contributed by atoms with Crippen LogP contribution < -0.4 is 10.8 Å². The van der Waals surface area contributed by atoms with Crippen molar-refractivity contribution in [3.05, 3.63) is 35.9 Å². The number of aryl methyl sites for hydroxylation is 1. The number of amides is 2. The first-order valence-electron chi connectivity index (χ1n) is 11.0. The van der Waals surface area contributed by atoms with Gasteiger partial charge in [-0.25, -0.2) is 10.3 Å². The van der Waals surface area contributed by atoms with E-state index in [0.717, 1.165) is 18.4 Å². The highest BCUT2D eigenvalue weighted by molar-refractivity contribution is 5.84. The van der Waals surface area contributed by atoms with Crippen LogP contribution in [0.2, 0.25) is 0 Å². The highest BCUT2D eigenvalue weighted by Crippen LogP contribution is 2.10. The average molecular weight is 420 g/mol. The Hall–Kier alpha value is -2.12. The highest BCUT2D eigenvalue weighted by atomic mass is 16.7. The van der Waals surface area contributed by atoms with E-state index in [0.29, 0.717) is 19.4 Å². The topological polar surface area (TPSA) is 79.7 Å². The van der Waals surface area contributed by atoms with E-state index in [1.54, 1.807) is 20.8 Å². The summed E-state index contributed by atoms with van der Waals surface area (Å²) in [6.45, 7) is 9.52. The third kappa shape index (κ3) is 11.2. The minimum absolute atomic E-state index is 0.363. The molecule has 1 saturated heterocycles. The Bertz CT molecular complexity index is 642. The van der Waals surface area contributed by atoms with Crippen molar-refractivity contribution in [3.8, 4) is 0 Å². The minimum atomic E-state index is -0.729. The van der Waals surface area contributed by atoms with Crippen LogP contribution in [-0.4, -0.2) is 54.8 Å². The number of nitrogens with one attached hydrogen (secondary N) is 2. The Labute approximate surface area is 180 Å². The fourth-order valence-electron chi connectivity index (χ4n) is 3.03. The maximum Gasteiger partial charge on any atom is 0.408 e. The fourth-order valence-corrected chi connectivity index (χ4v) is 3.03. The summed E-state index contributed by atoms with van der Waals surface area (Å²) < 4.78 is 5.30. The van der Waals surface area contributed by atoms with Gasteiger partial charge in [0.2, 0.25) is 0 Å². The third-order valence-corrected chi connectivity index (χ3v) is 4.76. The van der Waals surface area contributed by atoms with E-state index < -0.39 is 17.7 Å². The zero-order chi connectivity index (χ0) is 21.8. The van der Waals surface area contributed by atoms with Gasteiger partial charge in [-0.1, -0.05) is 43.2 Å². The smallest absolute Gasteiger partial charge is 0.408 e. The standard InChI is InChI=1S/C23H37N3O4/c1-23(2,3)30-22(28)24-20(14-13-19-11-7-6-8-12-19)21(27)25-29-18-10-5-4-9-15-26-16-17-26/h6-8,11-12,20H,4-5,9-10,13-18H2,1-3H3,(H,24,28)(H,25,27)/t20-/m1/s1. The summed E-state index contributed by atoms with van der Waals surface area (Å²) in [6.07, 6.45) is 4.87. The number of hydroxylamine groups is 1. The zero-order valence-electron chi connectivity index (χ0n) is 18.6. The molecule has 1 aromatic carbocycles. The van der Waals surface area contributed by atoms with Gasteiger partial charge in [0, 0.05) is 13.1 Å². The molecule has 1 aliphatic rings. The molecule has 168 valence electrons. The molecule has 0 unspecified atom stereocenters. The maximum absolute atomic E-state index is 12.6. The van der Waals surface area contributed by atoms with Crippen molar-refractivity contribution < 1.29 is 19.2 Å². The number of hydrogen-bond donors (Lipinski definition) is 2. The predicted molar refractivity (Wildman–Crippen MR) is 117 cm³/mol. The molecule has 1 aromatic rings. The molecule has 30 heavy (non-hydrogen) atoms. The first-order valence-corrected chi connectivity index (χ1v) is 11.0. The Morgan fingerprint density at radius 3 is 2.43 bits per heavy atom. The zero-order valence-corrected chi connectivity index (χ0v) is 18.6. The lowest BCUT2D eigenvalue weighted by Gasteiger charge is -2.23. The summed E-state index contributed by atoms with van der Waals surface area (Å²) in [5, 5.41) is 2.67. The molecule has 2 rings (SSSR count). The van der Waals surface area contributed by atoms with E-state index in [1.165, 1.54) is 32.5 Å². The molecule has 1 heterocycles. The van der Waals surface area contributed by atoms with Gasteiger partial charge >= 0.3 is 6.09 Å². The number of alkyl carbamates (subject to hydrolysis) is 1. The summed E-state index contributed by atoms with van der Waals surface area (Å²) in [5.74, 6) is -0.363. The normalized spacial score (nSPS) is 14.8. The second-order valence-electron chi connectivity index (χ2n) is 8.79. The second-order valence-corrected chi connectivity index (χ2v) is 8.79. The number of carbonyl (C=O) groups excluding carboxylic acids is 2. The number of benzene rings is 1. The monoisotopic (exact) mass is 419 g/mol. The Balaban J connectivity index is 1.71. The Kier molecular flexibility index (Phi) is 10.1. The van der Waals surface area contributed by atoms with Crippen molar-refractivity contribution in [2.45, 2.75) is 70.9 Å². The molecule has 1 atom stereocenters. The number of rotatable bonds is 13. The van der Waals surface area contributed by atoms with Crippen LogP contribution in [0.4, 0.5) is 4.79 Å². The lowest BCUT2D eigenvalue weighted by Crippen LogP contribution is -2.48. The van der Waals surface area contributed by atoms with E-state index in [2.05, 4.69) is 15.7 Å². The Morgan fingerprint density at radius 2 is 1.77 bits per heavy atom. The van der Waals surface area contributed by atoms with Crippen molar-refractivity contribution in [2.24, 2.45) is 0 Å². The summed E-state index contributed by atoms with van der Waals surface area (Å²) in [5.41, 5.74) is 2.96. The molecule has 0 radical (unpaired) electrons. The molecule has 1 aliphatic heterocycles. The molecule has 7 nitrogen and oxygen atoms in total. The van der Waals surface area contributed by atoms with Crippen LogP contribution in [0.15, 0.2) is 30.3 Å². The summed E-state index contributed by atoms with van der Waals surface area (Å²) in [4.78, 5) is 32.5. The van der Waals surface area contributed by atoms with Crippen molar-refractivity contribution >= 4 is 12.0 Å². The molecule has 1 fully saturated rings. The average Bonchev–Trinajstić information content (AvgIpc) is 3.50. The minimum Gasteiger partial charge on any atom is -0.444 e. The van der Waals surface area contributed by atoms with Crippen LogP contribution in [0.5, 0.6) is 0 Å². The molecule has 0 aromatic heterocycles. The molecule has 2 N–H and O–H groups in total. The third-order valence-electron chi connectivity index (χ3n) is 4.76. The predicted octanol–water partition coefficient (Wildman–Crippen LogP) is 3.44. The molecule has 0 aliphatic carbocycles. The van der Waals surface area contributed by atoms with E-state index in [4.69, 9.17) is 9.57 Å². The van der Waals surface area contributed by atoms with Gasteiger partial charge in [-0.05, 0) is 58.6 Å². The fraction of sp³-hybridized carbons (Fsp3) is 0.652. The van der Waals surface area contributed by atoms with Crippen LogP contribution in [0.25, 0.3) is 0 Å². The van der Waals surface area contributed by atoms with Crippen LogP contribution >= 0.6 is 0 Å². The van der Waals surface area contributed by atoms with Crippen molar-refractivity contribution in [2.75, 3.05) is 26.2 Å². The van der Waals surface area contributed by atoms with E-state index in [9.17, 15) is 9.59 Å². The molecule has 0 spiro atoms. The van der Waals surface area contributed by atoms with Gasteiger partial charge < -0.3 is 15.0 Å². The summed E-state index contributed by atoms with van der Waals surface area (Å²) >= 11 is 0. The number of carbonyl (C=O) groups is 2. The molecule has 2 amide bonds. The molecular weight excluding hydrogens is 382 g/mol. The van der Waals surface area contributed by atoms with E-state index in [1.807, 2.05) is 30.3 Å². The van der Waals surface area contributed by atoms with Crippen LogP contribution in [-0.2, 0) is 20.8 Å². The quantitative estimate of drug-likeness (QED) is 0.291. The van der Waals surface area contributed by atoms with Gasteiger partial charge in [0.15, 0.2) is 0 Å². The van der Waals surface area contributed by atoms with E-state index in [-0.39, 0.29) is 5.91 Å². The first kappa shape index (κ1) is 24.2. The number of unbranched alkanes of at least 4 members (excludes halogenated alkanes) is 3. The lowest BCUT2D eigenvalue weighted by molar-refractivity contribution is -0.136. The van der Waals surface area contributed by atoms with Gasteiger partial charge in [0.25, 0.3) is 5.91 Å². The molecular formula is C23H37N3O4. The number of ether oxygens (including phenoxy) is 1. The molecule has 7 heteroatoms. The molecule has 0 saturated carbocycles. The summed E-state index contributed by atoms with van der Waals surface area (Å²) in [7, 11) is 0. The van der Waals surface area contributed by atoms with Crippen molar-refractivity contribution in [1.82, 2.24) is 15.7 Å². The molecule has 0 bridgehead atoms. The number of hydrogen-bond acceptors (Lipinski definition) is 5. The van der Waals surface area contributed by atoms with Crippen molar-refractivity contribution in [1.29, 1.82) is 0 Å². The van der Waals surface area contributed by atoms with Gasteiger partial charge in [0.1, 0.15) is 11.6 Å².